The van der Waals surface area contributed by atoms with E-state index in [0.717, 1.165) is 33.7 Å². The number of benzene rings is 2. The van der Waals surface area contributed by atoms with E-state index in [4.69, 9.17) is 0 Å². The van der Waals surface area contributed by atoms with Crippen molar-refractivity contribution in [3.05, 3.63) is 60.2 Å². The number of nitrogens with zero attached hydrogens (tertiary/aromatic N) is 2. The first-order chi connectivity index (χ1) is 12.2. The number of amides is 1. The predicted molar refractivity (Wildman–Crippen MR) is 97.1 cm³/mol. The Kier molecular flexibility index (Phi) is 3.93. The lowest BCUT2D eigenvalue weighted by molar-refractivity contribution is -0.121. The maximum atomic E-state index is 12.2. The number of aromatic nitrogens is 4. The van der Waals surface area contributed by atoms with Gasteiger partial charge in [-0.15, -0.1) is 0 Å². The molecule has 1 atom stereocenters. The number of para-hydroxylation sites is 4. The van der Waals surface area contributed by atoms with Gasteiger partial charge in [0.15, 0.2) is 0 Å². The van der Waals surface area contributed by atoms with Gasteiger partial charge in [-0.1, -0.05) is 24.3 Å². The predicted octanol–water partition coefficient (Wildman–Crippen LogP) is 3.25. The van der Waals surface area contributed by atoms with Gasteiger partial charge in [-0.05, 0) is 31.2 Å². The van der Waals surface area contributed by atoms with E-state index in [-0.39, 0.29) is 11.9 Å². The molecule has 0 aliphatic carbocycles. The zero-order chi connectivity index (χ0) is 17.2. The van der Waals surface area contributed by atoms with Crippen LogP contribution in [-0.4, -0.2) is 25.8 Å². The quantitative estimate of drug-likeness (QED) is 0.524. The number of carbonyl (C=O) groups is 1. The second-order valence-electron chi connectivity index (χ2n) is 6.13. The molecule has 0 aliphatic heterocycles. The van der Waals surface area contributed by atoms with Crippen molar-refractivity contribution in [2.75, 3.05) is 0 Å². The first kappa shape index (κ1) is 15.4. The molecule has 3 N–H and O–H groups in total. The van der Waals surface area contributed by atoms with Crippen LogP contribution in [0.4, 0.5) is 0 Å². The zero-order valence-electron chi connectivity index (χ0n) is 13.9. The van der Waals surface area contributed by atoms with Crippen molar-refractivity contribution in [3.8, 4) is 0 Å². The van der Waals surface area contributed by atoms with E-state index < -0.39 is 0 Å². The second kappa shape index (κ2) is 6.39. The molecule has 0 fully saturated rings. The van der Waals surface area contributed by atoms with Crippen LogP contribution in [0.2, 0.25) is 0 Å². The minimum atomic E-state index is -0.171. The first-order valence-electron chi connectivity index (χ1n) is 8.37. The number of fused-ring (bicyclic) bond motifs is 2. The summed E-state index contributed by atoms with van der Waals surface area (Å²) in [7, 11) is 0. The summed E-state index contributed by atoms with van der Waals surface area (Å²) in [6.45, 7) is 1.93. The van der Waals surface area contributed by atoms with E-state index in [2.05, 4.69) is 25.3 Å². The number of carbonyl (C=O) groups excluding carboxylic acids is 1. The van der Waals surface area contributed by atoms with E-state index in [0.29, 0.717) is 12.8 Å². The third-order valence-corrected chi connectivity index (χ3v) is 4.22. The van der Waals surface area contributed by atoms with Crippen molar-refractivity contribution >= 4 is 28.0 Å². The normalized spacial score (nSPS) is 12.5. The van der Waals surface area contributed by atoms with Crippen molar-refractivity contribution in [2.45, 2.75) is 25.8 Å². The summed E-state index contributed by atoms with van der Waals surface area (Å²) in [6, 6.07) is 15.5. The standard InChI is InChI=1S/C19H19N5O/c1-12(19-23-15-8-4-5-9-16(15)24-19)20-18(25)11-10-17-21-13-6-2-3-7-14(13)22-17/h2-9,12H,10-11H2,1H3,(H,20,25)(H,21,22)(H,23,24). The number of hydrogen-bond donors (Lipinski definition) is 3. The molecule has 0 spiro atoms. The highest BCUT2D eigenvalue weighted by molar-refractivity contribution is 5.78. The van der Waals surface area contributed by atoms with Gasteiger partial charge in [0.1, 0.15) is 11.6 Å². The van der Waals surface area contributed by atoms with Crippen molar-refractivity contribution in [1.29, 1.82) is 0 Å². The highest BCUT2D eigenvalue weighted by Crippen LogP contribution is 2.16. The number of aryl methyl sites for hydroxylation is 1. The molecular formula is C19H19N5O. The van der Waals surface area contributed by atoms with E-state index in [1.54, 1.807) is 0 Å². The fourth-order valence-electron chi connectivity index (χ4n) is 2.92. The second-order valence-corrected chi connectivity index (χ2v) is 6.13. The lowest BCUT2D eigenvalue weighted by Crippen LogP contribution is -2.27. The van der Waals surface area contributed by atoms with Crippen LogP contribution < -0.4 is 5.32 Å². The molecule has 4 aromatic rings. The molecule has 2 aromatic heterocycles. The summed E-state index contributed by atoms with van der Waals surface area (Å²) in [6.07, 6.45) is 0.956. The minimum absolute atomic E-state index is 0.0200. The van der Waals surface area contributed by atoms with Gasteiger partial charge < -0.3 is 15.3 Å². The van der Waals surface area contributed by atoms with Crippen LogP contribution in [0.3, 0.4) is 0 Å². The fraction of sp³-hybridized carbons (Fsp3) is 0.211. The summed E-state index contributed by atoms with van der Waals surface area (Å²) in [5.74, 6) is 1.57. The Morgan fingerprint density at radius 3 is 2.32 bits per heavy atom. The molecular weight excluding hydrogens is 314 g/mol. The Balaban J connectivity index is 1.37. The molecule has 126 valence electrons. The highest BCUT2D eigenvalue weighted by Gasteiger charge is 2.14. The Hall–Kier alpha value is -3.15. The SMILES string of the molecule is CC(NC(=O)CCc1nc2ccccc2[nH]1)c1nc2ccccc2[nH]1. The van der Waals surface area contributed by atoms with Crippen LogP contribution in [0.1, 0.15) is 31.0 Å². The molecule has 25 heavy (non-hydrogen) atoms. The number of hydrogen-bond acceptors (Lipinski definition) is 3. The van der Waals surface area contributed by atoms with E-state index >= 15 is 0 Å². The average Bonchev–Trinajstić information content (AvgIpc) is 3.23. The van der Waals surface area contributed by atoms with Crippen molar-refractivity contribution in [2.24, 2.45) is 0 Å². The third-order valence-electron chi connectivity index (χ3n) is 4.22. The number of nitrogens with one attached hydrogen (secondary N) is 3. The van der Waals surface area contributed by atoms with Crippen LogP contribution in [0, 0.1) is 0 Å². The zero-order valence-corrected chi connectivity index (χ0v) is 13.9. The molecule has 0 saturated carbocycles. The molecule has 1 amide bonds. The average molecular weight is 333 g/mol. The number of H-pyrrole nitrogens is 2. The van der Waals surface area contributed by atoms with Crippen LogP contribution in [0.25, 0.3) is 22.1 Å². The van der Waals surface area contributed by atoms with Crippen molar-refractivity contribution in [3.63, 3.8) is 0 Å². The van der Waals surface area contributed by atoms with Gasteiger partial charge in [-0.2, -0.15) is 0 Å². The molecule has 2 heterocycles. The monoisotopic (exact) mass is 333 g/mol. The summed E-state index contributed by atoms with van der Waals surface area (Å²) in [5, 5.41) is 2.99. The maximum absolute atomic E-state index is 12.2. The van der Waals surface area contributed by atoms with Gasteiger partial charge in [0.2, 0.25) is 5.91 Å². The van der Waals surface area contributed by atoms with Crippen LogP contribution in [0.15, 0.2) is 48.5 Å². The Bertz CT molecular complexity index is 966. The molecule has 4 rings (SSSR count). The molecule has 2 aromatic carbocycles. The van der Waals surface area contributed by atoms with Gasteiger partial charge in [0, 0.05) is 12.8 Å². The van der Waals surface area contributed by atoms with Gasteiger partial charge in [0.05, 0.1) is 28.1 Å². The van der Waals surface area contributed by atoms with Crippen LogP contribution in [0.5, 0.6) is 0 Å². The van der Waals surface area contributed by atoms with Crippen LogP contribution >= 0.6 is 0 Å². The van der Waals surface area contributed by atoms with Crippen LogP contribution in [-0.2, 0) is 11.2 Å². The van der Waals surface area contributed by atoms with E-state index in [1.165, 1.54) is 0 Å². The largest absolute Gasteiger partial charge is 0.346 e. The van der Waals surface area contributed by atoms with Gasteiger partial charge in [0.25, 0.3) is 0 Å². The maximum Gasteiger partial charge on any atom is 0.221 e. The molecule has 0 radical (unpaired) electrons. The molecule has 1 unspecified atom stereocenters. The topological polar surface area (TPSA) is 86.5 Å². The lowest BCUT2D eigenvalue weighted by Gasteiger charge is -2.10. The van der Waals surface area contributed by atoms with E-state index in [1.807, 2.05) is 55.5 Å². The van der Waals surface area contributed by atoms with E-state index in [9.17, 15) is 4.79 Å². The molecule has 0 bridgehead atoms. The van der Waals surface area contributed by atoms with Crippen molar-refractivity contribution in [1.82, 2.24) is 25.3 Å². The summed E-state index contributed by atoms with van der Waals surface area (Å²) >= 11 is 0. The Labute approximate surface area is 144 Å². The molecule has 6 nitrogen and oxygen atoms in total. The van der Waals surface area contributed by atoms with Gasteiger partial charge in [-0.3, -0.25) is 4.79 Å². The van der Waals surface area contributed by atoms with Gasteiger partial charge in [-0.25, -0.2) is 9.97 Å². The number of aromatic amines is 2. The summed E-state index contributed by atoms with van der Waals surface area (Å²) in [5.41, 5.74) is 3.80. The molecule has 0 aliphatic rings. The Morgan fingerprint density at radius 2 is 1.64 bits per heavy atom. The molecule has 0 saturated heterocycles. The summed E-state index contributed by atoms with van der Waals surface area (Å²) < 4.78 is 0. The number of imidazole rings is 2. The summed E-state index contributed by atoms with van der Waals surface area (Å²) in [4.78, 5) is 27.7. The first-order valence-corrected chi connectivity index (χ1v) is 8.37. The minimum Gasteiger partial charge on any atom is -0.346 e. The fourth-order valence-corrected chi connectivity index (χ4v) is 2.92. The smallest absolute Gasteiger partial charge is 0.221 e. The lowest BCUT2D eigenvalue weighted by atomic mass is 10.2. The Morgan fingerprint density at radius 1 is 1.00 bits per heavy atom. The van der Waals surface area contributed by atoms with Gasteiger partial charge >= 0.3 is 0 Å². The number of rotatable bonds is 5. The van der Waals surface area contributed by atoms with Crippen molar-refractivity contribution < 1.29 is 4.79 Å². The highest BCUT2D eigenvalue weighted by atomic mass is 16.1. The third kappa shape index (κ3) is 3.24. The molecule has 6 heteroatoms.